The minimum absolute atomic E-state index is 0.0159. The van der Waals surface area contributed by atoms with Gasteiger partial charge < -0.3 is 15.0 Å². The Labute approximate surface area is 141 Å². The van der Waals surface area contributed by atoms with Crippen molar-refractivity contribution in [3.8, 4) is 6.07 Å². The lowest BCUT2D eigenvalue weighted by molar-refractivity contribution is -0.137. The fraction of sp³-hybridized carbons (Fsp3) is 0.471. The molecule has 0 radical (unpaired) electrons. The first-order valence-electron chi connectivity index (χ1n) is 7.88. The van der Waals surface area contributed by atoms with Crippen LogP contribution in [0.5, 0.6) is 0 Å². The number of morpholine rings is 1. The quantitative estimate of drug-likeness (QED) is 0.858. The molecular weight excluding hydrogens is 308 g/mol. The predicted molar refractivity (Wildman–Crippen MR) is 89.3 cm³/mol. The van der Waals surface area contributed by atoms with Gasteiger partial charge in [0, 0.05) is 13.1 Å². The van der Waals surface area contributed by atoms with Crippen LogP contribution in [0.3, 0.4) is 0 Å². The van der Waals surface area contributed by atoms with Crippen molar-refractivity contribution < 1.29 is 14.3 Å². The van der Waals surface area contributed by atoms with Crippen molar-refractivity contribution in [2.75, 3.05) is 45.2 Å². The molecule has 24 heavy (non-hydrogen) atoms. The van der Waals surface area contributed by atoms with Crippen LogP contribution in [-0.4, -0.2) is 67.6 Å². The number of nitriles is 1. The Morgan fingerprint density at radius 1 is 1.38 bits per heavy atom. The van der Waals surface area contributed by atoms with Gasteiger partial charge in [0.15, 0.2) is 0 Å². The molecule has 1 atom stereocenters. The molecule has 1 N–H and O–H groups in total. The molecule has 1 aromatic carbocycles. The van der Waals surface area contributed by atoms with E-state index < -0.39 is 6.04 Å². The first kappa shape index (κ1) is 17.9. The maximum absolute atomic E-state index is 12.4. The van der Waals surface area contributed by atoms with Crippen molar-refractivity contribution >= 4 is 17.5 Å². The van der Waals surface area contributed by atoms with Crippen LogP contribution in [0.25, 0.3) is 0 Å². The van der Waals surface area contributed by atoms with Gasteiger partial charge in [0.25, 0.3) is 0 Å². The third-order valence-corrected chi connectivity index (χ3v) is 4.09. The monoisotopic (exact) mass is 330 g/mol. The Morgan fingerprint density at radius 3 is 2.71 bits per heavy atom. The zero-order valence-corrected chi connectivity index (χ0v) is 14.0. The number of nitrogens with one attached hydrogen (secondary N) is 1. The Kier molecular flexibility index (Phi) is 6.29. The molecule has 0 aliphatic carbocycles. The fourth-order valence-corrected chi connectivity index (χ4v) is 2.39. The van der Waals surface area contributed by atoms with E-state index in [1.807, 2.05) is 6.07 Å². The Bertz CT molecular complexity index is 635. The van der Waals surface area contributed by atoms with Crippen molar-refractivity contribution in [3.63, 3.8) is 0 Å². The smallest absolute Gasteiger partial charge is 0.241 e. The second kappa shape index (κ2) is 8.43. The normalized spacial score (nSPS) is 15.7. The second-order valence-electron chi connectivity index (χ2n) is 5.73. The summed E-state index contributed by atoms with van der Waals surface area (Å²) in [5.74, 6) is -0.271. The lowest BCUT2D eigenvalue weighted by atomic mass is 10.2. The van der Waals surface area contributed by atoms with Crippen LogP contribution in [-0.2, 0) is 14.3 Å². The molecule has 1 fully saturated rings. The highest BCUT2D eigenvalue weighted by molar-refractivity contribution is 5.96. The number of hydrogen-bond donors (Lipinski definition) is 1. The van der Waals surface area contributed by atoms with E-state index >= 15 is 0 Å². The van der Waals surface area contributed by atoms with Crippen molar-refractivity contribution in [3.05, 3.63) is 29.8 Å². The molecule has 0 bridgehead atoms. The van der Waals surface area contributed by atoms with Crippen LogP contribution in [0.15, 0.2) is 24.3 Å². The number of anilines is 1. The molecule has 7 nitrogen and oxygen atoms in total. The van der Waals surface area contributed by atoms with Gasteiger partial charge in [0.1, 0.15) is 6.07 Å². The third-order valence-electron chi connectivity index (χ3n) is 4.09. The summed E-state index contributed by atoms with van der Waals surface area (Å²) in [6.07, 6.45) is 0. The summed E-state index contributed by atoms with van der Waals surface area (Å²) in [4.78, 5) is 28.1. The summed E-state index contributed by atoms with van der Waals surface area (Å²) < 4.78 is 5.23. The molecule has 1 aliphatic rings. The molecule has 2 amide bonds. The highest BCUT2D eigenvalue weighted by Crippen LogP contribution is 2.14. The molecular formula is C17H22N4O3. The average molecular weight is 330 g/mol. The molecule has 1 heterocycles. The number of amides is 2. The average Bonchev–Trinajstić information content (AvgIpc) is 2.62. The Balaban J connectivity index is 1.92. The van der Waals surface area contributed by atoms with Gasteiger partial charge >= 0.3 is 0 Å². The predicted octanol–water partition coefficient (Wildman–Crippen LogP) is 0.676. The van der Waals surface area contributed by atoms with E-state index in [2.05, 4.69) is 5.32 Å². The van der Waals surface area contributed by atoms with Gasteiger partial charge in [-0.1, -0.05) is 12.1 Å². The van der Waals surface area contributed by atoms with Crippen molar-refractivity contribution in [2.24, 2.45) is 0 Å². The standard InChI is InChI=1S/C17H22N4O3/c1-13(17(23)19-15-6-4-3-5-14(15)11-18)20(2)12-16(22)21-7-9-24-10-8-21/h3-6,13H,7-10,12H2,1-2H3,(H,19,23)/t13-/m0/s1. The van der Waals surface area contributed by atoms with Crippen LogP contribution >= 0.6 is 0 Å². The second-order valence-corrected chi connectivity index (χ2v) is 5.73. The van der Waals surface area contributed by atoms with Gasteiger partial charge in [0.05, 0.1) is 37.1 Å². The largest absolute Gasteiger partial charge is 0.378 e. The van der Waals surface area contributed by atoms with Gasteiger partial charge in [-0.15, -0.1) is 0 Å². The van der Waals surface area contributed by atoms with Crippen LogP contribution < -0.4 is 5.32 Å². The number of ether oxygens (including phenoxy) is 1. The number of benzene rings is 1. The summed E-state index contributed by atoms with van der Waals surface area (Å²) in [5.41, 5.74) is 0.884. The molecule has 1 aromatic rings. The zero-order chi connectivity index (χ0) is 17.5. The lowest BCUT2D eigenvalue weighted by Crippen LogP contribution is -2.48. The highest BCUT2D eigenvalue weighted by atomic mass is 16.5. The molecule has 0 saturated carbocycles. The van der Waals surface area contributed by atoms with Gasteiger partial charge in [-0.25, -0.2) is 0 Å². The minimum atomic E-state index is -0.498. The van der Waals surface area contributed by atoms with Gasteiger partial charge in [0.2, 0.25) is 11.8 Å². The summed E-state index contributed by atoms with van der Waals surface area (Å²) in [6.45, 7) is 4.17. The van der Waals surface area contributed by atoms with Crippen molar-refractivity contribution in [1.82, 2.24) is 9.80 Å². The molecule has 1 saturated heterocycles. The van der Waals surface area contributed by atoms with Gasteiger partial charge in [-0.3, -0.25) is 14.5 Å². The Morgan fingerprint density at radius 2 is 2.04 bits per heavy atom. The topological polar surface area (TPSA) is 85.7 Å². The van der Waals surface area contributed by atoms with E-state index in [1.165, 1.54) is 0 Å². The molecule has 128 valence electrons. The minimum Gasteiger partial charge on any atom is -0.378 e. The third kappa shape index (κ3) is 4.54. The zero-order valence-electron chi connectivity index (χ0n) is 14.0. The molecule has 2 rings (SSSR count). The number of likely N-dealkylation sites (N-methyl/N-ethyl adjacent to an activating group) is 1. The highest BCUT2D eigenvalue weighted by Gasteiger charge is 2.24. The van der Waals surface area contributed by atoms with Crippen molar-refractivity contribution in [1.29, 1.82) is 5.26 Å². The SMILES string of the molecule is C[C@@H](C(=O)Nc1ccccc1C#N)N(C)CC(=O)N1CCOCC1. The van der Waals surface area contributed by atoms with E-state index in [1.54, 1.807) is 48.0 Å². The maximum Gasteiger partial charge on any atom is 0.241 e. The number of carbonyl (C=O) groups excluding carboxylic acids is 2. The van der Waals surface area contributed by atoms with E-state index in [-0.39, 0.29) is 18.4 Å². The number of rotatable bonds is 5. The lowest BCUT2D eigenvalue weighted by Gasteiger charge is -2.30. The molecule has 1 aliphatic heterocycles. The summed E-state index contributed by atoms with van der Waals surface area (Å²) in [7, 11) is 1.73. The first-order chi connectivity index (χ1) is 11.5. The van der Waals surface area contributed by atoms with Crippen molar-refractivity contribution in [2.45, 2.75) is 13.0 Å². The van der Waals surface area contributed by atoms with Crippen LogP contribution in [0.2, 0.25) is 0 Å². The number of hydrogen-bond acceptors (Lipinski definition) is 5. The van der Waals surface area contributed by atoms with Crippen LogP contribution in [0.1, 0.15) is 12.5 Å². The fourth-order valence-electron chi connectivity index (χ4n) is 2.39. The molecule has 0 unspecified atom stereocenters. The summed E-state index contributed by atoms with van der Waals surface area (Å²) >= 11 is 0. The van der Waals surface area contributed by atoms with Crippen LogP contribution in [0.4, 0.5) is 5.69 Å². The maximum atomic E-state index is 12.4. The van der Waals surface area contributed by atoms with E-state index in [9.17, 15) is 9.59 Å². The number of para-hydroxylation sites is 1. The summed E-state index contributed by atoms with van der Waals surface area (Å²) in [6, 6.07) is 8.37. The summed E-state index contributed by atoms with van der Waals surface area (Å²) in [5, 5.41) is 11.8. The Hall–Kier alpha value is -2.43. The number of carbonyl (C=O) groups is 2. The number of nitrogens with zero attached hydrogens (tertiary/aromatic N) is 3. The first-order valence-corrected chi connectivity index (χ1v) is 7.88. The van der Waals surface area contributed by atoms with Gasteiger partial charge in [-0.05, 0) is 26.1 Å². The van der Waals surface area contributed by atoms with E-state index in [0.717, 1.165) is 0 Å². The van der Waals surface area contributed by atoms with Crippen LogP contribution in [0, 0.1) is 11.3 Å². The molecule has 0 spiro atoms. The van der Waals surface area contributed by atoms with E-state index in [0.29, 0.717) is 37.6 Å². The molecule has 7 heteroatoms. The molecule has 0 aromatic heterocycles. The van der Waals surface area contributed by atoms with Gasteiger partial charge in [-0.2, -0.15) is 5.26 Å². The van der Waals surface area contributed by atoms with E-state index in [4.69, 9.17) is 10.00 Å².